The van der Waals surface area contributed by atoms with Crippen LogP contribution in [0.1, 0.15) is 50.2 Å². The minimum absolute atomic E-state index is 0.0982. The molecule has 28 heavy (non-hydrogen) atoms. The molecule has 4 rings (SSSR count). The van der Waals surface area contributed by atoms with Gasteiger partial charge in [0.25, 0.3) is 5.91 Å². The molecule has 0 bridgehead atoms. The number of piperidine rings is 1. The summed E-state index contributed by atoms with van der Waals surface area (Å²) >= 11 is 1.34. The molecule has 2 aliphatic heterocycles. The average Bonchev–Trinajstić information content (AvgIpc) is 3.15. The van der Waals surface area contributed by atoms with E-state index in [0.29, 0.717) is 55.5 Å². The average molecular weight is 402 g/mol. The lowest BCUT2D eigenvalue weighted by Crippen LogP contribution is -2.48. The van der Waals surface area contributed by atoms with Crippen LogP contribution in [-0.2, 0) is 16.8 Å². The first-order valence-electron chi connectivity index (χ1n) is 9.41. The molecule has 7 nitrogen and oxygen atoms in total. The molecule has 1 amide bonds. The van der Waals surface area contributed by atoms with E-state index in [0.717, 1.165) is 16.9 Å². The number of carbonyl (C=O) groups excluding carboxylic acids is 1. The van der Waals surface area contributed by atoms with Crippen LogP contribution in [0, 0.1) is 0 Å². The van der Waals surface area contributed by atoms with E-state index in [9.17, 15) is 14.7 Å². The summed E-state index contributed by atoms with van der Waals surface area (Å²) in [5.41, 5.74) is 0.963. The SMILES string of the molecule is CCOc1ncccc1C(=O)N1CCC2(CC1)OCCc1sc(C(=O)O)cc12. The molecule has 0 radical (unpaired) electrons. The number of nitrogens with zero attached hydrogens (tertiary/aromatic N) is 2. The number of hydrogen-bond donors (Lipinski definition) is 1. The third kappa shape index (κ3) is 3.27. The smallest absolute Gasteiger partial charge is 0.345 e. The molecule has 0 atom stereocenters. The predicted octanol–water partition coefficient (Wildman–Crippen LogP) is 2.94. The lowest BCUT2D eigenvalue weighted by Gasteiger charge is -2.44. The Labute approximate surface area is 166 Å². The Morgan fingerprint density at radius 1 is 1.39 bits per heavy atom. The fourth-order valence-corrected chi connectivity index (χ4v) is 5.05. The maximum atomic E-state index is 13.0. The first-order chi connectivity index (χ1) is 13.5. The van der Waals surface area contributed by atoms with E-state index in [1.165, 1.54) is 11.3 Å². The van der Waals surface area contributed by atoms with Crippen molar-refractivity contribution in [2.75, 3.05) is 26.3 Å². The maximum Gasteiger partial charge on any atom is 0.345 e. The highest BCUT2D eigenvalue weighted by molar-refractivity contribution is 7.14. The zero-order valence-corrected chi connectivity index (χ0v) is 16.5. The quantitative estimate of drug-likeness (QED) is 0.846. The predicted molar refractivity (Wildman–Crippen MR) is 103 cm³/mol. The highest BCUT2D eigenvalue weighted by Gasteiger charge is 2.43. The van der Waals surface area contributed by atoms with Gasteiger partial charge >= 0.3 is 5.97 Å². The van der Waals surface area contributed by atoms with Gasteiger partial charge in [-0.25, -0.2) is 9.78 Å². The van der Waals surface area contributed by atoms with E-state index in [1.807, 2.05) is 6.92 Å². The van der Waals surface area contributed by atoms with E-state index < -0.39 is 11.6 Å². The van der Waals surface area contributed by atoms with E-state index >= 15 is 0 Å². The van der Waals surface area contributed by atoms with E-state index in [4.69, 9.17) is 9.47 Å². The molecule has 0 unspecified atom stereocenters. The first kappa shape index (κ1) is 18.9. The van der Waals surface area contributed by atoms with Crippen molar-refractivity contribution in [3.63, 3.8) is 0 Å². The summed E-state index contributed by atoms with van der Waals surface area (Å²) in [6, 6.07) is 5.22. The molecule has 1 spiro atoms. The van der Waals surface area contributed by atoms with Crippen molar-refractivity contribution in [2.45, 2.75) is 31.8 Å². The standard InChI is InChI=1S/C20H22N2O5S/c1-2-26-17-13(4-3-8-21-17)18(23)22-9-6-20(7-10-22)14-12-16(19(24)25)28-15(14)5-11-27-20/h3-4,8,12H,2,5-7,9-11H2,1H3,(H,24,25). The number of hydrogen-bond acceptors (Lipinski definition) is 6. The molecule has 2 aromatic heterocycles. The summed E-state index contributed by atoms with van der Waals surface area (Å²) in [6.45, 7) is 3.96. The van der Waals surface area contributed by atoms with Crippen LogP contribution < -0.4 is 4.74 Å². The van der Waals surface area contributed by atoms with Gasteiger partial charge in [-0.3, -0.25) is 4.79 Å². The fraction of sp³-hybridized carbons (Fsp3) is 0.450. The monoisotopic (exact) mass is 402 g/mol. The molecule has 1 fully saturated rings. The lowest BCUT2D eigenvalue weighted by atomic mass is 9.82. The Morgan fingerprint density at radius 3 is 2.89 bits per heavy atom. The van der Waals surface area contributed by atoms with E-state index in [2.05, 4.69) is 4.98 Å². The maximum absolute atomic E-state index is 13.0. The van der Waals surface area contributed by atoms with Crippen LogP contribution in [0.3, 0.4) is 0 Å². The van der Waals surface area contributed by atoms with Crippen molar-refractivity contribution < 1.29 is 24.2 Å². The van der Waals surface area contributed by atoms with Crippen molar-refractivity contribution in [3.05, 3.63) is 45.3 Å². The number of pyridine rings is 1. The minimum atomic E-state index is -0.901. The molecule has 1 N–H and O–H groups in total. The lowest BCUT2D eigenvalue weighted by molar-refractivity contribution is -0.0926. The zero-order chi connectivity index (χ0) is 19.7. The Kier molecular flexibility index (Phi) is 5.07. The molecule has 0 saturated carbocycles. The Bertz CT molecular complexity index is 902. The molecule has 0 aliphatic carbocycles. The van der Waals surface area contributed by atoms with Crippen molar-refractivity contribution >= 4 is 23.2 Å². The largest absolute Gasteiger partial charge is 0.477 e. The topological polar surface area (TPSA) is 89.0 Å². The van der Waals surface area contributed by atoms with Crippen LogP contribution in [0.5, 0.6) is 5.88 Å². The van der Waals surface area contributed by atoms with Crippen LogP contribution in [0.15, 0.2) is 24.4 Å². The van der Waals surface area contributed by atoms with Gasteiger partial charge in [-0.2, -0.15) is 0 Å². The highest BCUT2D eigenvalue weighted by atomic mass is 32.1. The number of likely N-dealkylation sites (tertiary alicyclic amines) is 1. The van der Waals surface area contributed by atoms with Crippen molar-refractivity contribution in [3.8, 4) is 5.88 Å². The second kappa shape index (κ2) is 7.52. The minimum Gasteiger partial charge on any atom is -0.477 e. The molecule has 1 saturated heterocycles. The molecule has 0 aromatic carbocycles. The molecule has 148 valence electrons. The van der Waals surface area contributed by atoms with Gasteiger partial charge in [-0.1, -0.05) is 0 Å². The van der Waals surface area contributed by atoms with E-state index in [-0.39, 0.29) is 5.91 Å². The van der Waals surface area contributed by atoms with Crippen molar-refractivity contribution in [1.82, 2.24) is 9.88 Å². The Morgan fingerprint density at radius 2 is 2.18 bits per heavy atom. The number of aromatic carboxylic acids is 1. The van der Waals surface area contributed by atoms with Crippen LogP contribution >= 0.6 is 11.3 Å². The summed E-state index contributed by atoms with van der Waals surface area (Å²) in [6.07, 6.45) is 3.64. The number of carbonyl (C=O) groups is 2. The second-order valence-corrected chi connectivity index (χ2v) is 8.06. The van der Waals surface area contributed by atoms with Gasteiger partial charge in [0.15, 0.2) is 0 Å². The summed E-state index contributed by atoms with van der Waals surface area (Å²) in [5.74, 6) is -0.642. The van der Waals surface area contributed by atoms with Gasteiger partial charge < -0.3 is 19.5 Å². The second-order valence-electron chi connectivity index (χ2n) is 6.93. The highest BCUT2D eigenvalue weighted by Crippen LogP contribution is 2.44. The number of carboxylic acids is 1. The Hall–Kier alpha value is -2.45. The number of amides is 1. The van der Waals surface area contributed by atoms with Crippen molar-refractivity contribution in [1.29, 1.82) is 0 Å². The normalized spacial score (nSPS) is 18.0. The summed E-state index contributed by atoms with van der Waals surface area (Å²) in [7, 11) is 0. The number of carboxylic acid groups (broad SMARTS) is 1. The first-order valence-corrected chi connectivity index (χ1v) is 10.2. The molecule has 2 aliphatic rings. The molecule has 2 aromatic rings. The number of thiophene rings is 1. The fourth-order valence-electron chi connectivity index (χ4n) is 3.98. The third-order valence-corrected chi connectivity index (χ3v) is 6.54. The molecular formula is C20H22N2O5S. The van der Waals surface area contributed by atoms with Crippen LogP contribution in [0.25, 0.3) is 0 Å². The zero-order valence-electron chi connectivity index (χ0n) is 15.6. The number of ether oxygens (including phenoxy) is 2. The Balaban J connectivity index is 1.53. The molecule has 8 heteroatoms. The van der Waals surface area contributed by atoms with Gasteiger partial charge in [-0.05, 0) is 43.5 Å². The summed E-state index contributed by atoms with van der Waals surface area (Å²) < 4.78 is 11.7. The number of rotatable bonds is 4. The van der Waals surface area contributed by atoms with Crippen LogP contribution in [-0.4, -0.2) is 53.2 Å². The molecule has 4 heterocycles. The number of aromatic nitrogens is 1. The van der Waals surface area contributed by atoms with Gasteiger partial charge in [0, 0.05) is 30.6 Å². The van der Waals surface area contributed by atoms with Crippen molar-refractivity contribution in [2.24, 2.45) is 0 Å². The number of fused-ring (bicyclic) bond motifs is 2. The summed E-state index contributed by atoms with van der Waals surface area (Å²) in [5, 5.41) is 9.33. The van der Waals surface area contributed by atoms with Crippen LogP contribution in [0.2, 0.25) is 0 Å². The third-order valence-electron chi connectivity index (χ3n) is 5.36. The van der Waals surface area contributed by atoms with Gasteiger partial charge in [-0.15, -0.1) is 11.3 Å². The molecular weight excluding hydrogens is 380 g/mol. The van der Waals surface area contributed by atoms with Gasteiger partial charge in [0.2, 0.25) is 5.88 Å². The summed E-state index contributed by atoms with van der Waals surface area (Å²) in [4.78, 5) is 31.8. The van der Waals surface area contributed by atoms with Gasteiger partial charge in [0.05, 0.1) is 18.8 Å². The van der Waals surface area contributed by atoms with Crippen LogP contribution in [0.4, 0.5) is 0 Å². The van der Waals surface area contributed by atoms with Gasteiger partial charge in [0.1, 0.15) is 10.4 Å². The van der Waals surface area contributed by atoms with E-state index in [1.54, 1.807) is 29.3 Å².